The van der Waals surface area contributed by atoms with Crippen LogP contribution in [0.5, 0.6) is 0 Å². The Morgan fingerprint density at radius 3 is 2.90 bits per heavy atom. The SMILES string of the molecule is OCCCC1CCCN1c1ccc(Cl)cc1CNC1CC1. The molecule has 0 amide bonds. The van der Waals surface area contributed by atoms with Gasteiger partial charge in [0, 0.05) is 42.5 Å². The average molecular weight is 309 g/mol. The lowest BCUT2D eigenvalue weighted by molar-refractivity contribution is 0.279. The van der Waals surface area contributed by atoms with Gasteiger partial charge in [-0.05, 0) is 62.3 Å². The lowest BCUT2D eigenvalue weighted by atomic mass is 10.1. The number of hydrogen-bond acceptors (Lipinski definition) is 3. The molecule has 0 bridgehead atoms. The third-order valence-electron chi connectivity index (χ3n) is 4.58. The van der Waals surface area contributed by atoms with Gasteiger partial charge in [0.05, 0.1) is 0 Å². The highest BCUT2D eigenvalue weighted by Crippen LogP contribution is 2.33. The Morgan fingerprint density at radius 2 is 2.14 bits per heavy atom. The van der Waals surface area contributed by atoms with Crippen molar-refractivity contribution in [3.8, 4) is 0 Å². The molecular weight excluding hydrogens is 284 g/mol. The van der Waals surface area contributed by atoms with E-state index in [4.69, 9.17) is 16.7 Å². The summed E-state index contributed by atoms with van der Waals surface area (Å²) in [6.45, 7) is 2.32. The normalized spacial score (nSPS) is 22.0. The summed E-state index contributed by atoms with van der Waals surface area (Å²) in [6, 6.07) is 7.55. The summed E-state index contributed by atoms with van der Waals surface area (Å²) in [6.07, 6.45) is 7.06. The molecule has 2 fully saturated rings. The number of anilines is 1. The number of rotatable bonds is 7. The predicted molar refractivity (Wildman–Crippen MR) is 88.0 cm³/mol. The minimum atomic E-state index is 0.293. The van der Waals surface area contributed by atoms with Crippen LogP contribution in [0.3, 0.4) is 0 Å². The van der Waals surface area contributed by atoms with Gasteiger partial charge in [0.2, 0.25) is 0 Å². The van der Waals surface area contributed by atoms with Crippen LogP contribution < -0.4 is 10.2 Å². The first-order chi connectivity index (χ1) is 10.3. The van der Waals surface area contributed by atoms with Crippen molar-refractivity contribution in [1.82, 2.24) is 5.32 Å². The summed E-state index contributed by atoms with van der Waals surface area (Å²) in [5.74, 6) is 0. The first-order valence-corrected chi connectivity index (χ1v) is 8.55. The number of halogens is 1. The highest BCUT2D eigenvalue weighted by atomic mass is 35.5. The predicted octanol–water partition coefficient (Wildman–Crippen LogP) is 3.33. The van der Waals surface area contributed by atoms with Gasteiger partial charge in [-0.15, -0.1) is 0 Å². The molecule has 4 heteroatoms. The molecule has 0 radical (unpaired) electrons. The fourth-order valence-electron chi connectivity index (χ4n) is 3.30. The third kappa shape index (κ3) is 3.91. The minimum Gasteiger partial charge on any atom is -0.396 e. The molecule has 2 aliphatic rings. The number of nitrogens with one attached hydrogen (secondary N) is 1. The quantitative estimate of drug-likeness (QED) is 0.811. The van der Waals surface area contributed by atoms with Crippen molar-refractivity contribution in [3.63, 3.8) is 0 Å². The Hall–Kier alpha value is -0.770. The summed E-state index contributed by atoms with van der Waals surface area (Å²) >= 11 is 6.20. The number of aliphatic hydroxyl groups excluding tert-OH is 1. The van der Waals surface area contributed by atoms with Gasteiger partial charge in [0.15, 0.2) is 0 Å². The molecule has 3 rings (SSSR count). The molecule has 0 spiro atoms. The fraction of sp³-hybridized carbons (Fsp3) is 0.647. The van der Waals surface area contributed by atoms with E-state index in [-0.39, 0.29) is 0 Å². The maximum absolute atomic E-state index is 9.08. The van der Waals surface area contributed by atoms with Crippen LogP contribution in [0, 0.1) is 0 Å². The van der Waals surface area contributed by atoms with Gasteiger partial charge in [0.25, 0.3) is 0 Å². The van der Waals surface area contributed by atoms with Crippen molar-refractivity contribution >= 4 is 17.3 Å². The summed E-state index contributed by atoms with van der Waals surface area (Å²) < 4.78 is 0. The molecule has 1 heterocycles. The molecule has 21 heavy (non-hydrogen) atoms. The van der Waals surface area contributed by atoms with Crippen LogP contribution in [-0.4, -0.2) is 30.3 Å². The van der Waals surface area contributed by atoms with Crippen molar-refractivity contribution in [2.45, 2.75) is 57.2 Å². The lowest BCUT2D eigenvalue weighted by Gasteiger charge is -2.29. The number of benzene rings is 1. The lowest BCUT2D eigenvalue weighted by Crippen LogP contribution is -2.31. The zero-order valence-corrected chi connectivity index (χ0v) is 13.3. The van der Waals surface area contributed by atoms with E-state index >= 15 is 0 Å². The summed E-state index contributed by atoms with van der Waals surface area (Å²) in [5, 5.41) is 13.5. The first-order valence-electron chi connectivity index (χ1n) is 8.17. The van der Waals surface area contributed by atoms with E-state index < -0.39 is 0 Å². The van der Waals surface area contributed by atoms with E-state index in [0.717, 1.165) is 31.0 Å². The zero-order chi connectivity index (χ0) is 14.7. The molecule has 1 saturated carbocycles. The van der Waals surface area contributed by atoms with Gasteiger partial charge >= 0.3 is 0 Å². The van der Waals surface area contributed by atoms with Crippen LogP contribution in [-0.2, 0) is 6.54 Å². The molecular formula is C17H25ClN2O. The molecule has 1 aromatic rings. The molecule has 1 atom stereocenters. The van der Waals surface area contributed by atoms with Crippen LogP contribution in [0.25, 0.3) is 0 Å². The summed E-state index contributed by atoms with van der Waals surface area (Å²) in [5.41, 5.74) is 2.64. The smallest absolute Gasteiger partial charge is 0.0431 e. The van der Waals surface area contributed by atoms with Crippen LogP contribution >= 0.6 is 11.6 Å². The number of aliphatic hydroxyl groups is 1. The van der Waals surface area contributed by atoms with Crippen LogP contribution in [0.1, 0.15) is 44.1 Å². The second kappa shape index (κ2) is 6.99. The molecule has 1 aromatic carbocycles. The van der Waals surface area contributed by atoms with Gasteiger partial charge in [0.1, 0.15) is 0 Å². The van der Waals surface area contributed by atoms with Gasteiger partial charge in [-0.2, -0.15) is 0 Å². The van der Waals surface area contributed by atoms with Gasteiger partial charge in [-0.3, -0.25) is 0 Å². The van der Waals surface area contributed by atoms with E-state index in [2.05, 4.69) is 22.3 Å². The molecule has 1 aliphatic heterocycles. The van der Waals surface area contributed by atoms with Crippen LogP contribution in [0.4, 0.5) is 5.69 Å². The molecule has 1 aliphatic carbocycles. The molecule has 116 valence electrons. The molecule has 1 unspecified atom stereocenters. The van der Waals surface area contributed by atoms with E-state index in [1.54, 1.807) is 0 Å². The Kier molecular flexibility index (Phi) is 5.04. The van der Waals surface area contributed by atoms with E-state index in [9.17, 15) is 0 Å². The van der Waals surface area contributed by atoms with Crippen molar-refractivity contribution in [1.29, 1.82) is 0 Å². The highest BCUT2D eigenvalue weighted by molar-refractivity contribution is 6.30. The summed E-state index contributed by atoms with van der Waals surface area (Å²) in [4.78, 5) is 2.52. The summed E-state index contributed by atoms with van der Waals surface area (Å²) in [7, 11) is 0. The Labute approximate surface area is 132 Å². The topological polar surface area (TPSA) is 35.5 Å². The Balaban J connectivity index is 1.75. The van der Waals surface area contributed by atoms with E-state index in [1.165, 1.54) is 36.9 Å². The van der Waals surface area contributed by atoms with Crippen molar-refractivity contribution in [2.75, 3.05) is 18.1 Å². The van der Waals surface area contributed by atoms with Gasteiger partial charge in [-0.1, -0.05) is 11.6 Å². The van der Waals surface area contributed by atoms with Crippen molar-refractivity contribution in [3.05, 3.63) is 28.8 Å². The molecule has 2 N–H and O–H groups in total. The maximum atomic E-state index is 9.08. The Morgan fingerprint density at radius 1 is 1.29 bits per heavy atom. The fourth-order valence-corrected chi connectivity index (χ4v) is 3.49. The van der Waals surface area contributed by atoms with Crippen molar-refractivity contribution < 1.29 is 5.11 Å². The molecule has 0 aromatic heterocycles. The van der Waals surface area contributed by atoms with Crippen LogP contribution in [0.15, 0.2) is 18.2 Å². The van der Waals surface area contributed by atoms with Gasteiger partial charge < -0.3 is 15.3 Å². The highest BCUT2D eigenvalue weighted by Gasteiger charge is 2.27. The largest absolute Gasteiger partial charge is 0.396 e. The van der Waals surface area contributed by atoms with E-state index in [1.807, 2.05) is 6.07 Å². The van der Waals surface area contributed by atoms with Gasteiger partial charge in [-0.25, -0.2) is 0 Å². The third-order valence-corrected chi connectivity index (χ3v) is 4.82. The standard InChI is InChI=1S/C17H25ClN2O/c18-14-5-8-17(13(11-14)12-19-15-6-7-15)20-9-1-3-16(20)4-2-10-21/h5,8,11,15-16,19,21H,1-4,6-7,9-10,12H2. The number of nitrogens with zero attached hydrogens (tertiary/aromatic N) is 1. The molecule has 1 saturated heterocycles. The zero-order valence-electron chi connectivity index (χ0n) is 12.5. The monoisotopic (exact) mass is 308 g/mol. The van der Waals surface area contributed by atoms with Crippen LogP contribution in [0.2, 0.25) is 5.02 Å². The first kappa shape index (κ1) is 15.1. The molecule has 3 nitrogen and oxygen atoms in total. The second-order valence-electron chi connectivity index (χ2n) is 6.28. The second-order valence-corrected chi connectivity index (χ2v) is 6.72. The minimum absolute atomic E-state index is 0.293. The average Bonchev–Trinajstić information content (AvgIpc) is 3.20. The Bertz CT molecular complexity index is 476. The number of hydrogen-bond donors (Lipinski definition) is 2. The van der Waals surface area contributed by atoms with Crippen molar-refractivity contribution in [2.24, 2.45) is 0 Å². The van der Waals surface area contributed by atoms with E-state index in [0.29, 0.717) is 18.7 Å². The maximum Gasteiger partial charge on any atom is 0.0431 e.